The molecule has 7 heteroatoms. The van der Waals surface area contributed by atoms with Gasteiger partial charge in [-0.2, -0.15) is 13.2 Å². The lowest BCUT2D eigenvalue weighted by molar-refractivity contribution is -0.143. The van der Waals surface area contributed by atoms with E-state index in [9.17, 15) is 27.9 Å². The van der Waals surface area contributed by atoms with E-state index in [0.717, 1.165) is 17.0 Å². The number of halogens is 3. The molecular formula is C14H12F3NO3. The highest BCUT2D eigenvalue weighted by Crippen LogP contribution is 2.47. The number of benzene rings is 1. The van der Waals surface area contributed by atoms with Crippen molar-refractivity contribution in [2.75, 3.05) is 6.54 Å². The lowest BCUT2D eigenvalue weighted by Crippen LogP contribution is -2.36. The van der Waals surface area contributed by atoms with Gasteiger partial charge in [0, 0.05) is 0 Å². The highest BCUT2D eigenvalue weighted by atomic mass is 19.4. The van der Waals surface area contributed by atoms with Crippen LogP contribution in [0.25, 0.3) is 0 Å². The van der Waals surface area contributed by atoms with E-state index in [2.05, 4.69) is 0 Å². The molecule has 1 saturated heterocycles. The van der Waals surface area contributed by atoms with Crippen molar-refractivity contribution in [1.82, 2.24) is 4.90 Å². The summed E-state index contributed by atoms with van der Waals surface area (Å²) in [7, 11) is 0. The van der Waals surface area contributed by atoms with Crippen molar-refractivity contribution in [2.45, 2.75) is 18.7 Å². The number of nitrogens with zero attached hydrogens (tertiary/aromatic N) is 1. The third-order valence-corrected chi connectivity index (χ3v) is 3.91. The molecule has 4 nitrogen and oxygen atoms in total. The molecular weight excluding hydrogens is 287 g/mol. The van der Waals surface area contributed by atoms with Gasteiger partial charge in [0.15, 0.2) is 0 Å². The van der Waals surface area contributed by atoms with Gasteiger partial charge in [-0.15, -0.1) is 0 Å². The number of imide groups is 1. The molecule has 1 aromatic rings. The minimum atomic E-state index is -4.50. The first kappa shape index (κ1) is 14.1. The molecule has 3 unspecified atom stereocenters. The summed E-state index contributed by atoms with van der Waals surface area (Å²) >= 11 is 0. The van der Waals surface area contributed by atoms with Crippen LogP contribution in [0.4, 0.5) is 13.2 Å². The zero-order valence-electron chi connectivity index (χ0n) is 10.8. The number of aliphatic hydroxyl groups is 1. The van der Waals surface area contributed by atoms with E-state index in [4.69, 9.17) is 0 Å². The van der Waals surface area contributed by atoms with Crippen LogP contribution in [0.5, 0.6) is 0 Å². The lowest BCUT2D eigenvalue weighted by atomic mass is 10.1. The fourth-order valence-corrected chi connectivity index (χ4v) is 2.63. The smallest absolute Gasteiger partial charge is 0.387 e. The maximum atomic E-state index is 12.6. The Morgan fingerprint density at radius 1 is 1.24 bits per heavy atom. The van der Waals surface area contributed by atoms with Crippen LogP contribution < -0.4 is 0 Å². The van der Waals surface area contributed by atoms with Crippen molar-refractivity contribution in [3.8, 4) is 0 Å². The molecule has 3 rings (SSSR count). The van der Waals surface area contributed by atoms with E-state index in [1.165, 1.54) is 12.1 Å². The first-order valence-electron chi connectivity index (χ1n) is 6.49. The summed E-state index contributed by atoms with van der Waals surface area (Å²) in [6.45, 7) is -0.300. The van der Waals surface area contributed by atoms with Crippen molar-refractivity contribution >= 4 is 11.8 Å². The Bertz CT molecular complexity index is 594. The second-order valence-electron chi connectivity index (χ2n) is 5.37. The number of amides is 2. The van der Waals surface area contributed by atoms with E-state index >= 15 is 0 Å². The second-order valence-corrected chi connectivity index (χ2v) is 5.37. The van der Waals surface area contributed by atoms with Crippen molar-refractivity contribution in [1.29, 1.82) is 0 Å². The maximum Gasteiger partial charge on any atom is 0.416 e. The maximum absolute atomic E-state index is 12.6. The van der Waals surface area contributed by atoms with Crippen LogP contribution in [-0.4, -0.2) is 28.4 Å². The summed E-state index contributed by atoms with van der Waals surface area (Å²) in [4.78, 5) is 24.5. The summed E-state index contributed by atoms with van der Waals surface area (Å²) in [5.41, 5.74) is -0.841. The molecule has 1 aliphatic carbocycles. The van der Waals surface area contributed by atoms with E-state index in [1.54, 1.807) is 0 Å². The van der Waals surface area contributed by atoms with Crippen LogP contribution in [0.3, 0.4) is 0 Å². The van der Waals surface area contributed by atoms with Gasteiger partial charge in [0.05, 0.1) is 30.0 Å². The Balaban J connectivity index is 1.75. The number of hydrogen-bond donors (Lipinski definition) is 1. The molecule has 0 spiro atoms. The van der Waals surface area contributed by atoms with E-state index in [0.29, 0.717) is 6.42 Å². The Labute approximate surface area is 118 Å². The minimum absolute atomic E-state index is 0.0333. The number of fused-ring (bicyclic) bond motifs is 1. The third kappa shape index (κ3) is 2.42. The van der Waals surface area contributed by atoms with Gasteiger partial charge < -0.3 is 5.11 Å². The molecule has 0 aromatic heterocycles. The minimum Gasteiger partial charge on any atom is -0.387 e. The first-order valence-corrected chi connectivity index (χ1v) is 6.49. The van der Waals surface area contributed by atoms with Gasteiger partial charge in [-0.1, -0.05) is 12.1 Å². The quantitative estimate of drug-likeness (QED) is 0.865. The highest BCUT2D eigenvalue weighted by molar-refractivity contribution is 6.08. The van der Waals surface area contributed by atoms with Crippen molar-refractivity contribution in [3.63, 3.8) is 0 Å². The number of alkyl halides is 3. The molecule has 1 heterocycles. The van der Waals surface area contributed by atoms with Crippen LogP contribution in [0.15, 0.2) is 24.3 Å². The zero-order valence-corrected chi connectivity index (χ0v) is 10.8. The predicted molar refractivity (Wildman–Crippen MR) is 64.7 cm³/mol. The van der Waals surface area contributed by atoms with Gasteiger partial charge in [-0.3, -0.25) is 14.5 Å². The summed E-state index contributed by atoms with van der Waals surface area (Å²) in [6, 6.07) is 4.26. The molecule has 1 N–H and O–H groups in total. The number of aliphatic hydroxyl groups excluding tert-OH is 1. The number of rotatable bonds is 3. The van der Waals surface area contributed by atoms with Gasteiger partial charge in [0.1, 0.15) is 0 Å². The van der Waals surface area contributed by atoms with Gasteiger partial charge in [0.2, 0.25) is 11.8 Å². The summed E-state index contributed by atoms with van der Waals surface area (Å²) in [5.74, 6) is -1.25. The number of β-amino-alcohol motifs (C(OH)–C–C–N with tert-alkyl or cyclic N) is 1. The largest absolute Gasteiger partial charge is 0.416 e. The van der Waals surface area contributed by atoms with Gasteiger partial charge in [-0.05, 0) is 24.1 Å². The fraction of sp³-hybridized carbons (Fsp3) is 0.429. The molecule has 2 fully saturated rings. The lowest BCUT2D eigenvalue weighted by Gasteiger charge is -2.21. The fourth-order valence-electron chi connectivity index (χ4n) is 2.63. The molecule has 0 bridgehead atoms. The van der Waals surface area contributed by atoms with E-state index in [1.807, 2.05) is 0 Å². The molecule has 1 aromatic carbocycles. The van der Waals surface area contributed by atoms with Gasteiger partial charge in [-0.25, -0.2) is 0 Å². The molecule has 0 radical (unpaired) electrons. The average molecular weight is 299 g/mol. The average Bonchev–Trinajstić information content (AvgIpc) is 3.18. The van der Waals surface area contributed by atoms with Crippen LogP contribution in [-0.2, 0) is 15.8 Å². The summed E-state index contributed by atoms with van der Waals surface area (Å²) in [6.07, 6.45) is -5.28. The summed E-state index contributed by atoms with van der Waals surface area (Å²) in [5, 5.41) is 9.99. The Morgan fingerprint density at radius 3 is 2.43 bits per heavy atom. The van der Waals surface area contributed by atoms with Crippen molar-refractivity contribution in [3.05, 3.63) is 35.4 Å². The van der Waals surface area contributed by atoms with Crippen LogP contribution in [0.1, 0.15) is 23.7 Å². The van der Waals surface area contributed by atoms with Gasteiger partial charge in [0.25, 0.3) is 0 Å². The Hall–Kier alpha value is -1.89. The molecule has 1 aliphatic heterocycles. The SMILES string of the molecule is O=C1C2CC2C(=O)N1CC(O)c1cccc(C(F)(F)F)c1. The van der Waals surface area contributed by atoms with Gasteiger partial charge >= 0.3 is 6.18 Å². The van der Waals surface area contributed by atoms with Crippen LogP contribution >= 0.6 is 0 Å². The Kier molecular flexibility index (Phi) is 3.05. The molecule has 3 atom stereocenters. The molecule has 2 amide bonds. The number of hydrogen-bond acceptors (Lipinski definition) is 3. The molecule has 1 saturated carbocycles. The number of carbonyl (C=O) groups excluding carboxylic acids is 2. The summed E-state index contributed by atoms with van der Waals surface area (Å²) < 4.78 is 37.9. The highest BCUT2D eigenvalue weighted by Gasteiger charge is 2.58. The van der Waals surface area contributed by atoms with Crippen molar-refractivity contribution in [2.24, 2.45) is 11.8 Å². The van der Waals surface area contributed by atoms with Crippen LogP contribution in [0, 0.1) is 11.8 Å². The topological polar surface area (TPSA) is 57.6 Å². The first-order chi connectivity index (χ1) is 9.79. The van der Waals surface area contributed by atoms with Crippen LogP contribution in [0.2, 0.25) is 0 Å². The predicted octanol–water partition coefficient (Wildman–Crippen LogP) is 1.74. The monoisotopic (exact) mass is 299 g/mol. The third-order valence-electron chi connectivity index (χ3n) is 3.91. The molecule has 2 aliphatic rings. The molecule has 21 heavy (non-hydrogen) atoms. The Morgan fingerprint density at radius 2 is 1.86 bits per heavy atom. The standard InChI is InChI=1S/C14H12F3NO3/c15-14(16,17)8-3-1-2-7(4-8)11(19)6-18-12(20)9-5-10(9)13(18)21/h1-4,9-11,19H,5-6H2. The number of carbonyl (C=O) groups is 2. The molecule has 112 valence electrons. The van der Waals surface area contributed by atoms with Crippen molar-refractivity contribution < 1.29 is 27.9 Å². The number of likely N-dealkylation sites (tertiary alicyclic amines) is 1. The van der Waals surface area contributed by atoms with E-state index in [-0.39, 0.29) is 35.8 Å². The zero-order chi connectivity index (χ0) is 15.4. The normalized spacial score (nSPS) is 26.0. The second kappa shape index (κ2) is 4.56. The van der Waals surface area contributed by atoms with E-state index < -0.39 is 17.8 Å². The number of piperidine rings is 1.